The van der Waals surface area contributed by atoms with Gasteiger partial charge in [0.2, 0.25) is 0 Å². The van der Waals surface area contributed by atoms with Crippen molar-refractivity contribution in [3.8, 4) is 0 Å². The number of allylic oxidation sites excluding steroid dienone is 1. The van der Waals surface area contributed by atoms with E-state index in [1.54, 1.807) is 5.57 Å². The molecule has 1 N–H and O–H groups in total. The van der Waals surface area contributed by atoms with Crippen LogP contribution < -0.4 is 5.32 Å². The van der Waals surface area contributed by atoms with Crippen LogP contribution in [0.15, 0.2) is 11.6 Å². The number of likely N-dealkylation sites (N-methyl/N-ethyl adjacent to an activating group) is 2. The molecule has 116 valence electrons. The zero-order valence-corrected chi connectivity index (χ0v) is 13.9. The number of hydrogen-bond acceptors (Lipinski definition) is 2. The molecule has 0 heterocycles. The van der Waals surface area contributed by atoms with Crippen molar-refractivity contribution in [2.24, 2.45) is 0 Å². The van der Waals surface area contributed by atoms with Crippen molar-refractivity contribution in [2.45, 2.75) is 83.2 Å². The van der Waals surface area contributed by atoms with Gasteiger partial charge in [-0.2, -0.15) is 0 Å². The van der Waals surface area contributed by atoms with Gasteiger partial charge in [-0.15, -0.1) is 0 Å². The largest absolute Gasteiger partial charge is 0.312 e. The molecule has 20 heavy (non-hydrogen) atoms. The SMILES string of the molecule is CCN(CC)C1(C(NC)C2=CCCCCC2)CCCC1. The monoisotopic (exact) mass is 278 g/mol. The van der Waals surface area contributed by atoms with Crippen molar-refractivity contribution in [1.82, 2.24) is 10.2 Å². The summed E-state index contributed by atoms with van der Waals surface area (Å²) in [5.41, 5.74) is 2.09. The van der Waals surface area contributed by atoms with Gasteiger partial charge in [-0.25, -0.2) is 0 Å². The molecule has 1 atom stereocenters. The van der Waals surface area contributed by atoms with Crippen LogP contribution >= 0.6 is 0 Å². The first-order valence-corrected chi connectivity index (χ1v) is 8.89. The highest BCUT2D eigenvalue weighted by Crippen LogP contribution is 2.41. The van der Waals surface area contributed by atoms with E-state index in [0.29, 0.717) is 11.6 Å². The highest BCUT2D eigenvalue weighted by Gasteiger charge is 2.45. The van der Waals surface area contributed by atoms with E-state index in [1.807, 2.05) is 0 Å². The summed E-state index contributed by atoms with van der Waals surface area (Å²) in [4.78, 5) is 2.74. The van der Waals surface area contributed by atoms with Gasteiger partial charge in [0.25, 0.3) is 0 Å². The number of nitrogens with zero attached hydrogens (tertiary/aromatic N) is 1. The molecule has 0 aromatic rings. The minimum absolute atomic E-state index is 0.383. The minimum atomic E-state index is 0.383. The van der Waals surface area contributed by atoms with Gasteiger partial charge in [0.05, 0.1) is 0 Å². The second-order valence-corrected chi connectivity index (χ2v) is 6.58. The third-order valence-corrected chi connectivity index (χ3v) is 5.64. The summed E-state index contributed by atoms with van der Waals surface area (Å²) in [6.45, 7) is 7.03. The number of rotatable bonds is 6. The van der Waals surface area contributed by atoms with E-state index in [0.717, 1.165) is 0 Å². The van der Waals surface area contributed by atoms with Gasteiger partial charge in [0.15, 0.2) is 0 Å². The minimum Gasteiger partial charge on any atom is -0.312 e. The molecule has 2 heteroatoms. The molecule has 0 spiro atoms. The Morgan fingerprint density at radius 2 is 1.80 bits per heavy atom. The molecule has 1 fully saturated rings. The van der Waals surface area contributed by atoms with Crippen LogP contribution in [0.1, 0.15) is 71.6 Å². The highest BCUT2D eigenvalue weighted by molar-refractivity contribution is 5.22. The normalized spacial score (nSPS) is 24.5. The molecule has 0 aromatic heterocycles. The Morgan fingerprint density at radius 1 is 1.10 bits per heavy atom. The zero-order valence-electron chi connectivity index (χ0n) is 13.9. The molecule has 0 saturated heterocycles. The molecule has 0 amide bonds. The first kappa shape index (κ1) is 16.0. The van der Waals surface area contributed by atoms with Gasteiger partial charge < -0.3 is 5.32 Å². The summed E-state index contributed by atoms with van der Waals surface area (Å²) in [5, 5.41) is 3.72. The first-order valence-electron chi connectivity index (χ1n) is 8.89. The molecule has 1 saturated carbocycles. The smallest absolute Gasteiger partial charge is 0.0464 e. The molecule has 0 radical (unpaired) electrons. The van der Waals surface area contributed by atoms with Crippen molar-refractivity contribution in [3.63, 3.8) is 0 Å². The molecule has 2 aliphatic rings. The quantitative estimate of drug-likeness (QED) is 0.735. The Kier molecular flexibility index (Phi) is 6.10. The maximum absolute atomic E-state index is 3.72. The lowest BCUT2D eigenvalue weighted by molar-refractivity contribution is 0.0768. The molecule has 2 nitrogen and oxygen atoms in total. The lowest BCUT2D eigenvalue weighted by Crippen LogP contribution is -2.60. The number of hydrogen-bond donors (Lipinski definition) is 1. The van der Waals surface area contributed by atoms with Crippen molar-refractivity contribution >= 4 is 0 Å². The van der Waals surface area contributed by atoms with Crippen LogP contribution in [0.5, 0.6) is 0 Å². The summed E-state index contributed by atoms with van der Waals surface area (Å²) in [7, 11) is 2.18. The first-order chi connectivity index (χ1) is 9.78. The van der Waals surface area contributed by atoms with E-state index >= 15 is 0 Å². The van der Waals surface area contributed by atoms with Crippen LogP contribution in [0.3, 0.4) is 0 Å². The standard InChI is InChI=1S/C18H34N2/c1-4-20(5-2)18(14-10-11-15-18)17(19-3)16-12-8-6-7-9-13-16/h12,17,19H,4-11,13-15H2,1-3H3. The van der Waals surface area contributed by atoms with E-state index in [-0.39, 0.29) is 0 Å². The summed E-state index contributed by atoms with van der Waals surface area (Å²) in [6, 6.07) is 0.572. The maximum atomic E-state index is 3.72. The van der Waals surface area contributed by atoms with Crippen LogP contribution in [0, 0.1) is 0 Å². The third-order valence-electron chi connectivity index (χ3n) is 5.64. The van der Waals surface area contributed by atoms with Gasteiger partial charge in [-0.05, 0) is 58.7 Å². The second-order valence-electron chi connectivity index (χ2n) is 6.58. The second kappa shape index (κ2) is 7.61. The van der Waals surface area contributed by atoms with Gasteiger partial charge >= 0.3 is 0 Å². The fourth-order valence-corrected chi connectivity index (χ4v) is 4.73. The fraction of sp³-hybridized carbons (Fsp3) is 0.889. The topological polar surface area (TPSA) is 15.3 Å². The molecular weight excluding hydrogens is 244 g/mol. The Bertz CT molecular complexity index is 311. The Hall–Kier alpha value is -0.340. The average molecular weight is 278 g/mol. The van der Waals surface area contributed by atoms with Crippen LogP contribution in [0.2, 0.25) is 0 Å². The Morgan fingerprint density at radius 3 is 2.40 bits per heavy atom. The van der Waals surface area contributed by atoms with Gasteiger partial charge in [0.1, 0.15) is 0 Å². The summed E-state index contributed by atoms with van der Waals surface area (Å²) in [5.74, 6) is 0. The molecule has 1 unspecified atom stereocenters. The van der Waals surface area contributed by atoms with Gasteiger partial charge in [-0.3, -0.25) is 4.90 Å². The van der Waals surface area contributed by atoms with Crippen molar-refractivity contribution in [3.05, 3.63) is 11.6 Å². The van der Waals surface area contributed by atoms with Crippen LogP contribution in [-0.4, -0.2) is 36.6 Å². The fourth-order valence-electron chi connectivity index (χ4n) is 4.73. The van der Waals surface area contributed by atoms with Crippen LogP contribution in [0.25, 0.3) is 0 Å². The Balaban J connectivity index is 2.27. The van der Waals surface area contributed by atoms with E-state index < -0.39 is 0 Å². The van der Waals surface area contributed by atoms with Crippen molar-refractivity contribution in [2.75, 3.05) is 20.1 Å². The zero-order chi connectivity index (χ0) is 14.4. The maximum Gasteiger partial charge on any atom is 0.0464 e. The predicted octanol–water partition coefficient (Wildman–Crippen LogP) is 4.12. The van der Waals surface area contributed by atoms with Crippen LogP contribution in [-0.2, 0) is 0 Å². The predicted molar refractivity (Wildman–Crippen MR) is 88.1 cm³/mol. The average Bonchev–Trinajstić information content (AvgIpc) is 2.79. The molecule has 0 aromatic carbocycles. The number of nitrogens with one attached hydrogen (secondary N) is 1. The molecule has 2 rings (SSSR count). The molecular formula is C18H34N2. The molecule has 0 aliphatic heterocycles. The highest BCUT2D eigenvalue weighted by atomic mass is 15.2. The molecule has 0 bridgehead atoms. The van der Waals surface area contributed by atoms with Gasteiger partial charge in [-0.1, -0.05) is 44.8 Å². The Labute approximate surface area is 126 Å². The van der Waals surface area contributed by atoms with E-state index in [9.17, 15) is 0 Å². The van der Waals surface area contributed by atoms with Crippen molar-refractivity contribution < 1.29 is 0 Å². The summed E-state index contributed by atoms with van der Waals surface area (Å²) < 4.78 is 0. The van der Waals surface area contributed by atoms with Gasteiger partial charge in [0, 0.05) is 11.6 Å². The van der Waals surface area contributed by atoms with E-state index in [4.69, 9.17) is 0 Å². The lowest BCUT2D eigenvalue weighted by atomic mass is 9.80. The van der Waals surface area contributed by atoms with E-state index in [1.165, 1.54) is 70.9 Å². The lowest BCUT2D eigenvalue weighted by Gasteiger charge is -2.47. The van der Waals surface area contributed by atoms with Crippen molar-refractivity contribution in [1.29, 1.82) is 0 Å². The third kappa shape index (κ3) is 3.12. The van der Waals surface area contributed by atoms with E-state index in [2.05, 4.69) is 37.2 Å². The summed E-state index contributed by atoms with van der Waals surface area (Å²) >= 11 is 0. The summed E-state index contributed by atoms with van der Waals surface area (Å²) in [6.07, 6.45) is 14.9. The molecule has 2 aliphatic carbocycles. The van der Waals surface area contributed by atoms with Crippen LogP contribution in [0.4, 0.5) is 0 Å².